The van der Waals surface area contributed by atoms with Crippen LogP contribution >= 0.6 is 0 Å². The maximum Gasteiger partial charge on any atom is 0.308 e. The molecule has 4 rings (SSSR count). The van der Waals surface area contributed by atoms with E-state index in [0.29, 0.717) is 18.0 Å². The molecule has 7 nitrogen and oxygen atoms in total. The van der Waals surface area contributed by atoms with Crippen LogP contribution in [0.1, 0.15) is 36.6 Å². The molecule has 1 aliphatic rings. The molecule has 0 unspecified atom stereocenters. The fraction of sp³-hybridized carbons (Fsp3) is 0.222. The van der Waals surface area contributed by atoms with E-state index in [-0.39, 0.29) is 24.3 Å². The second-order valence-electron chi connectivity index (χ2n) is 8.00. The Morgan fingerprint density at radius 1 is 0.971 bits per heavy atom. The summed E-state index contributed by atoms with van der Waals surface area (Å²) < 4.78 is 11.3. The van der Waals surface area contributed by atoms with Crippen molar-refractivity contribution in [2.75, 3.05) is 18.1 Å². The Hall–Kier alpha value is -4.13. The summed E-state index contributed by atoms with van der Waals surface area (Å²) in [6.45, 7) is 1.27. The molecule has 3 aromatic carbocycles. The van der Waals surface area contributed by atoms with E-state index in [0.717, 1.165) is 11.1 Å². The number of rotatable bonds is 7. The van der Waals surface area contributed by atoms with Gasteiger partial charge in [0.2, 0.25) is 5.91 Å². The van der Waals surface area contributed by atoms with Gasteiger partial charge in [-0.15, -0.1) is 0 Å². The molecule has 0 aromatic heterocycles. The predicted octanol–water partition coefficient (Wildman–Crippen LogP) is 3.96. The lowest BCUT2D eigenvalue weighted by molar-refractivity contribution is -0.148. The van der Waals surface area contributed by atoms with Gasteiger partial charge >= 0.3 is 5.97 Å². The van der Waals surface area contributed by atoms with E-state index in [4.69, 9.17) is 9.47 Å². The molecule has 1 heterocycles. The van der Waals surface area contributed by atoms with Gasteiger partial charge in [0, 0.05) is 6.92 Å². The van der Waals surface area contributed by atoms with E-state index in [1.165, 1.54) is 6.92 Å². The van der Waals surface area contributed by atoms with Crippen LogP contribution in [-0.2, 0) is 19.1 Å². The number of fused-ring (bicyclic) bond motifs is 1. The van der Waals surface area contributed by atoms with Crippen LogP contribution in [0.15, 0.2) is 84.9 Å². The van der Waals surface area contributed by atoms with Crippen LogP contribution in [0.2, 0.25) is 0 Å². The Morgan fingerprint density at radius 2 is 1.62 bits per heavy atom. The number of para-hydroxylation sites is 2. The summed E-state index contributed by atoms with van der Waals surface area (Å²) >= 11 is 0. The number of esters is 1. The number of anilines is 1. The lowest BCUT2D eigenvalue weighted by atomic mass is 10.0. The Labute approximate surface area is 198 Å². The van der Waals surface area contributed by atoms with Gasteiger partial charge in [-0.3, -0.25) is 19.3 Å². The molecule has 3 aromatic rings. The van der Waals surface area contributed by atoms with Crippen molar-refractivity contribution < 1.29 is 23.9 Å². The van der Waals surface area contributed by atoms with Crippen molar-refractivity contribution in [1.29, 1.82) is 0 Å². The van der Waals surface area contributed by atoms with Gasteiger partial charge in [0.25, 0.3) is 5.91 Å². The average molecular weight is 459 g/mol. The highest BCUT2D eigenvalue weighted by molar-refractivity contribution is 5.97. The first-order valence-electron chi connectivity index (χ1n) is 11.1. The molecule has 7 heteroatoms. The summed E-state index contributed by atoms with van der Waals surface area (Å²) in [5.74, 6) is -0.583. The summed E-state index contributed by atoms with van der Waals surface area (Å²) in [5, 5.41) is 2.77. The maximum absolute atomic E-state index is 13.3. The molecule has 0 radical (unpaired) electrons. The Kier molecular flexibility index (Phi) is 7.22. The van der Waals surface area contributed by atoms with Gasteiger partial charge in [0.05, 0.1) is 24.2 Å². The van der Waals surface area contributed by atoms with Crippen molar-refractivity contribution in [1.82, 2.24) is 5.32 Å². The average Bonchev–Trinajstić information content (AvgIpc) is 2.87. The Bertz CT molecular complexity index is 1150. The zero-order valence-corrected chi connectivity index (χ0v) is 18.8. The largest absolute Gasteiger partial charge is 0.489 e. The van der Waals surface area contributed by atoms with Crippen molar-refractivity contribution >= 4 is 23.5 Å². The van der Waals surface area contributed by atoms with Gasteiger partial charge in [0.15, 0.2) is 6.61 Å². The second-order valence-corrected chi connectivity index (χ2v) is 8.00. The fourth-order valence-corrected chi connectivity index (χ4v) is 4.04. The number of nitrogens with zero attached hydrogens (tertiary/aromatic N) is 1. The van der Waals surface area contributed by atoms with Crippen molar-refractivity contribution in [2.45, 2.75) is 25.4 Å². The van der Waals surface area contributed by atoms with Gasteiger partial charge < -0.3 is 14.8 Å². The standard InChI is InChI=1S/C27H26N2O5/c1-19(30)28-22(20-10-4-2-5-11-20)16-27(32)34-18-26(31)29-23-14-8-9-15-25(23)33-17-24(29)21-12-6-3-7-13-21/h2-15,22,24H,16-18H2,1H3,(H,28,30)/t22-,24-/m0/s1. The van der Waals surface area contributed by atoms with Gasteiger partial charge in [0.1, 0.15) is 12.4 Å². The quantitative estimate of drug-likeness (QED) is 0.542. The highest BCUT2D eigenvalue weighted by atomic mass is 16.5. The van der Waals surface area contributed by atoms with Crippen molar-refractivity contribution in [2.24, 2.45) is 0 Å². The summed E-state index contributed by atoms with van der Waals surface area (Å²) in [7, 11) is 0. The van der Waals surface area contributed by atoms with E-state index in [9.17, 15) is 14.4 Å². The summed E-state index contributed by atoms with van der Waals surface area (Å²) in [6.07, 6.45) is -0.0846. The van der Waals surface area contributed by atoms with Crippen LogP contribution in [0.25, 0.3) is 0 Å². The molecule has 0 saturated carbocycles. The van der Waals surface area contributed by atoms with Crippen LogP contribution < -0.4 is 15.0 Å². The van der Waals surface area contributed by atoms with Gasteiger partial charge in [-0.2, -0.15) is 0 Å². The smallest absolute Gasteiger partial charge is 0.308 e. The third kappa shape index (κ3) is 5.43. The first-order chi connectivity index (χ1) is 16.5. The lowest BCUT2D eigenvalue weighted by Crippen LogP contribution is -2.43. The van der Waals surface area contributed by atoms with E-state index in [2.05, 4.69) is 5.32 Å². The van der Waals surface area contributed by atoms with E-state index in [1.807, 2.05) is 78.9 Å². The molecule has 0 fully saturated rings. The Balaban J connectivity index is 1.48. The zero-order valence-electron chi connectivity index (χ0n) is 18.8. The minimum Gasteiger partial charge on any atom is -0.489 e. The lowest BCUT2D eigenvalue weighted by Gasteiger charge is -2.37. The van der Waals surface area contributed by atoms with Gasteiger partial charge in [-0.1, -0.05) is 72.8 Å². The van der Waals surface area contributed by atoms with Gasteiger partial charge in [-0.25, -0.2) is 0 Å². The monoisotopic (exact) mass is 458 g/mol. The molecule has 0 saturated heterocycles. The molecule has 2 atom stereocenters. The minimum atomic E-state index is -0.575. The van der Waals surface area contributed by atoms with E-state index >= 15 is 0 Å². The first-order valence-corrected chi connectivity index (χ1v) is 11.1. The SMILES string of the molecule is CC(=O)N[C@@H](CC(=O)OCC(=O)N1c2ccccc2OC[C@H]1c1ccccc1)c1ccccc1. The number of hydrogen-bond acceptors (Lipinski definition) is 5. The van der Waals surface area contributed by atoms with Crippen molar-refractivity contribution in [3.05, 3.63) is 96.1 Å². The number of nitrogens with one attached hydrogen (secondary N) is 1. The number of hydrogen-bond donors (Lipinski definition) is 1. The number of benzene rings is 3. The van der Waals surface area contributed by atoms with Gasteiger partial charge in [-0.05, 0) is 23.3 Å². The summed E-state index contributed by atoms with van der Waals surface area (Å²) in [5.41, 5.74) is 2.34. The van der Waals surface area contributed by atoms with Crippen LogP contribution in [0.3, 0.4) is 0 Å². The minimum absolute atomic E-state index is 0.0846. The third-order valence-corrected chi connectivity index (χ3v) is 5.59. The highest BCUT2D eigenvalue weighted by Gasteiger charge is 2.33. The highest BCUT2D eigenvalue weighted by Crippen LogP contribution is 2.39. The number of ether oxygens (including phenoxy) is 2. The predicted molar refractivity (Wildman–Crippen MR) is 127 cm³/mol. The number of carbonyl (C=O) groups excluding carboxylic acids is 3. The molecular formula is C27H26N2O5. The fourth-order valence-electron chi connectivity index (χ4n) is 4.04. The normalized spacial score (nSPS) is 15.4. The third-order valence-electron chi connectivity index (χ3n) is 5.59. The number of amides is 2. The van der Waals surface area contributed by atoms with E-state index < -0.39 is 18.6 Å². The molecule has 34 heavy (non-hydrogen) atoms. The molecule has 174 valence electrons. The number of carbonyl (C=O) groups is 3. The van der Waals surface area contributed by atoms with Crippen LogP contribution in [0.4, 0.5) is 5.69 Å². The van der Waals surface area contributed by atoms with Crippen LogP contribution in [-0.4, -0.2) is 31.0 Å². The van der Waals surface area contributed by atoms with Crippen molar-refractivity contribution in [3.63, 3.8) is 0 Å². The maximum atomic E-state index is 13.3. The molecule has 2 amide bonds. The van der Waals surface area contributed by atoms with E-state index in [1.54, 1.807) is 11.0 Å². The molecule has 1 N–H and O–H groups in total. The van der Waals surface area contributed by atoms with Crippen LogP contribution in [0, 0.1) is 0 Å². The topological polar surface area (TPSA) is 84.9 Å². The molecule has 0 bridgehead atoms. The molecule has 1 aliphatic heterocycles. The molecule has 0 spiro atoms. The summed E-state index contributed by atoms with van der Waals surface area (Å²) in [6, 6.07) is 25.2. The van der Waals surface area contributed by atoms with Crippen LogP contribution in [0.5, 0.6) is 5.75 Å². The Morgan fingerprint density at radius 3 is 2.32 bits per heavy atom. The van der Waals surface area contributed by atoms with Crippen molar-refractivity contribution in [3.8, 4) is 5.75 Å². The molecule has 0 aliphatic carbocycles. The molecular weight excluding hydrogens is 432 g/mol. The zero-order chi connectivity index (χ0) is 23.9. The second kappa shape index (κ2) is 10.7. The first kappa shape index (κ1) is 23.0. The summed E-state index contributed by atoms with van der Waals surface area (Å²) in [4.78, 5) is 39.2.